The fourth-order valence-electron chi connectivity index (χ4n) is 3.53. The molecule has 3 unspecified atom stereocenters. The molecule has 1 amide bonds. The van der Waals surface area contributed by atoms with Crippen LogP contribution in [-0.2, 0) is 6.54 Å². The molecule has 1 aromatic carbocycles. The number of primary amides is 1. The molecule has 2 aliphatic rings. The number of nitrogens with two attached hydrogens (primary N) is 1. The van der Waals surface area contributed by atoms with Crippen molar-refractivity contribution >= 4 is 17.5 Å². The zero-order chi connectivity index (χ0) is 14.3. The van der Waals surface area contributed by atoms with E-state index in [1.807, 2.05) is 6.07 Å². The van der Waals surface area contributed by atoms with Crippen molar-refractivity contribution in [1.29, 1.82) is 0 Å². The van der Waals surface area contributed by atoms with Crippen molar-refractivity contribution in [3.8, 4) is 0 Å². The number of aliphatic hydroxyl groups is 1. The van der Waals surface area contributed by atoms with Crippen molar-refractivity contribution in [1.82, 2.24) is 4.90 Å². The maximum absolute atomic E-state index is 11.1. The molecule has 2 fully saturated rings. The normalized spacial score (nSPS) is 29.6. The van der Waals surface area contributed by atoms with E-state index in [1.165, 1.54) is 0 Å². The predicted octanol–water partition coefficient (Wildman–Crippen LogP) is 1.64. The average Bonchev–Trinajstić information content (AvgIpc) is 2.94. The van der Waals surface area contributed by atoms with Crippen molar-refractivity contribution in [2.24, 2.45) is 17.6 Å². The van der Waals surface area contributed by atoms with E-state index in [-0.39, 0.29) is 6.10 Å². The van der Waals surface area contributed by atoms with E-state index in [1.54, 1.807) is 12.1 Å². The molecule has 0 radical (unpaired) electrons. The van der Waals surface area contributed by atoms with Crippen LogP contribution in [0, 0.1) is 11.8 Å². The summed E-state index contributed by atoms with van der Waals surface area (Å²) >= 11 is 6.22. The summed E-state index contributed by atoms with van der Waals surface area (Å²) in [7, 11) is 0. The third kappa shape index (κ3) is 2.55. The molecule has 108 valence electrons. The molecule has 1 aliphatic heterocycles. The molecule has 1 aliphatic carbocycles. The van der Waals surface area contributed by atoms with Gasteiger partial charge in [0.15, 0.2) is 0 Å². The van der Waals surface area contributed by atoms with E-state index in [2.05, 4.69) is 4.90 Å². The molecule has 0 bridgehead atoms. The maximum atomic E-state index is 11.1. The summed E-state index contributed by atoms with van der Waals surface area (Å²) in [5, 5.41) is 10.5. The first-order chi connectivity index (χ1) is 9.54. The number of nitrogens with zero attached hydrogens (tertiary/aromatic N) is 1. The monoisotopic (exact) mass is 294 g/mol. The topological polar surface area (TPSA) is 66.6 Å². The zero-order valence-corrected chi connectivity index (χ0v) is 12.0. The van der Waals surface area contributed by atoms with E-state index >= 15 is 0 Å². The second kappa shape index (κ2) is 5.35. The van der Waals surface area contributed by atoms with Gasteiger partial charge < -0.3 is 10.8 Å². The molecule has 1 aromatic rings. The van der Waals surface area contributed by atoms with Crippen LogP contribution in [0.4, 0.5) is 0 Å². The first-order valence-electron chi connectivity index (χ1n) is 7.03. The molecule has 5 heteroatoms. The minimum Gasteiger partial charge on any atom is -0.393 e. The number of benzene rings is 1. The molecule has 4 nitrogen and oxygen atoms in total. The van der Waals surface area contributed by atoms with Gasteiger partial charge in [-0.25, -0.2) is 0 Å². The molecular weight excluding hydrogens is 276 g/mol. The summed E-state index contributed by atoms with van der Waals surface area (Å²) in [6.45, 7) is 2.72. The molecule has 20 heavy (non-hydrogen) atoms. The highest BCUT2D eigenvalue weighted by atomic mass is 35.5. The summed E-state index contributed by atoms with van der Waals surface area (Å²) in [6.07, 6.45) is 1.92. The lowest BCUT2D eigenvalue weighted by Crippen LogP contribution is -2.24. The number of aliphatic hydroxyl groups excluding tert-OH is 1. The van der Waals surface area contributed by atoms with Crippen LogP contribution in [0.25, 0.3) is 0 Å². The van der Waals surface area contributed by atoms with Crippen LogP contribution in [0.1, 0.15) is 28.8 Å². The fraction of sp³-hybridized carbons (Fsp3) is 0.533. The Morgan fingerprint density at radius 1 is 1.40 bits per heavy atom. The molecule has 3 atom stereocenters. The van der Waals surface area contributed by atoms with E-state index in [9.17, 15) is 9.90 Å². The van der Waals surface area contributed by atoms with Crippen LogP contribution in [0.3, 0.4) is 0 Å². The number of hydrogen-bond acceptors (Lipinski definition) is 3. The Kier molecular flexibility index (Phi) is 3.71. The molecule has 3 rings (SSSR count). The lowest BCUT2D eigenvalue weighted by Gasteiger charge is -2.19. The van der Waals surface area contributed by atoms with Gasteiger partial charge in [0.2, 0.25) is 5.91 Å². The third-order valence-electron chi connectivity index (χ3n) is 4.63. The quantitative estimate of drug-likeness (QED) is 0.891. The number of carbonyl (C=O) groups is 1. The Hall–Kier alpha value is -1.10. The summed E-state index contributed by atoms with van der Waals surface area (Å²) in [4.78, 5) is 13.4. The van der Waals surface area contributed by atoms with E-state index in [0.717, 1.165) is 38.0 Å². The van der Waals surface area contributed by atoms with Crippen LogP contribution >= 0.6 is 11.6 Å². The fourth-order valence-corrected chi connectivity index (χ4v) is 3.77. The second-order valence-corrected chi connectivity index (χ2v) is 6.34. The summed E-state index contributed by atoms with van der Waals surface area (Å²) in [5.74, 6) is 0.574. The maximum Gasteiger partial charge on any atom is 0.248 e. The number of likely N-dealkylation sites (tertiary alicyclic amines) is 1. The van der Waals surface area contributed by atoms with Crippen molar-refractivity contribution < 1.29 is 9.90 Å². The molecule has 3 N–H and O–H groups in total. The van der Waals surface area contributed by atoms with Crippen molar-refractivity contribution in [3.05, 3.63) is 34.3 Å². The average molecular weight is 295 g/mol. The lowest BCUT2D eigenvalue weighted by molar-refractivity contribution is 0.1000. The number of carbonyl (C=O) groups excluding carboxylic acids is 1. The van der Waals surface area contributed by atoms with Crippen molar-refractivity contribution in [3.63, 3.8) is 0 Å². The van der Waals surface area contributed by atoms with Gasteiger partial charge in [-0.1, -0.05) is 17.7 Å². The predicted molar refractivity (Wildman–Crippen MR) is 77.5 cm³/mol. The standard InChI is InChI=1S/C15H19ClN2O2/c16-13-5-9(15(17)20)1-2-11(13)7-18-6-10-3-4-14(19)12(10)8-18/h1-2,5,10,12,14,19H,3-4,6-8H2,(H2,17,20). The largest absolute Gasteiger partial charge is 0.393 e. The highest BCUT2D eigenvalue weighted by Gasteiger charge is 2.41. The van der Waals surface area contributed by atoms with Gasteiger partial charge in [0, 0.05) is 36.1 Å². The summed E-state index contributed by atoms with van der Waals surface area (Å²) in [5.41, 5.74) is 6.68. The van der Waals surface area contributed by atoms with Crippen LogP contribution in [0.5, 0.6) is 0 Å². The van der Waals surface area contributed by atoms with E-state index in [0.29, 0.717) is 22.4 Å². The highest BCUT2D eigenvalue weighted by molar-refractivity contribution is 6.31. The molecule has 1 saturated heterocycles. The van der Waals surface area contributed by atoms with E-state index in [4.69, 9.17) is 17.3 Å². The first kappa shape index (κ1) is 13.9. The number of hydrogen-bond donors (Lipinski definition) is 2. The Morgan fingerprint density at radius 2 is 2.20 bits per heavy atom. The minimum absolute atomic E-state index is 0.141. The van der Waals surface area contributed by atoms with Crippen LogP contribution < -0.4 is 5.73 Å². The Morgan fingerprint density at radius 3 is 2.85 bits per heavy atom. The van der Waals surface area contributed by atoms with Crippen LogP contribution in [0.15, 0.2) is 18.2 Å². The van der Waals surface area contributed by atoms with Gasteiger partial charge in [0.05, 0.1) is 6.10 Å². The van der Waals surface area contributed by atoms with Gasteiger partial charge in [-0.05, 0) is 36.5 Å². The Labute approximate surface area is 123 Å². The lowest BCUT2D eigenvalue weighted by atomic mass is 10.00. The van der Waals surface area contributed by atoms with Crippen molar-refractivity contribution in [2.75, 3.05) is 13.1 Å². The second-order valence-electron chi connectivity index (χ2n) is 5.93. The number of fused-ring (bicyclic) bond motifs is 1. The number of amides is 1. The molecule has 0 aromatic heterocycles. The Bertz CT molecular complexity index is 535. The van der Waals surface area contributed by atoms with Crippen LogP contribution in [-0.4, -0.2) is 35.1 Å². The van der Waals surface area contributed by atoms with E-state index < -0.39 is 5.91 Å². The summed E-state index contributed by atoms with van der Waals surface area (Å²) in [6, 6.07) is 5.22. The number of rotatable bonds is 3. The minimum atomic E-state index is -0.461. The van der Waals surface area contributed by atoms with Gasteiger partial charge in [-0.2, -0.15) is 0 Å². The van der Waals surface area contributed by atoms with Crippen LogP contribution in [0.2, 0.25) is 5.02 Å². The summed E-state index contributed by atoms with van der Waals surface area (Å²) < 4.78 is 0. The highest BCUT2D eigenvalue weighted by Crippen LogP contribution is 2.38. The van der Waals surface area contributed by atoms with Crippen molar-refractivity contribution in [2.45, 2.75) is 25.5 Å². The van der Waals surface area contributed by atoms with Gasteiger partial charge in [-0.15, -0.1) is 0 Å². The van der Waals surface area contributed by atoms with Gasteiger partial charge in [0.1, 0.15) is 0 Å². The molecule has 0 spiro atoms. The van der Waals surface area contributed by atoms with Gasteiger partial charge >= 0.3 is 0 Å². The number of halogens is 1. The smallest absolute Gasteiger partial charge is 0.248 e. The third-order valence-corrected chi connectivity index (χ3v) is 4.98. The SMILES string of the molecule is NC(=O)c1ccc(CN2CC3CCC(O)C3C2)c(Cl)c1. The molecule has 1 saturated carbocycles. The van der Waals surface area contributed by atoms with Gasteiger partial charge in [-0.3, -0.25) is 9.69 Å². The Balaban J connectivity index is 1.68. The molecular formula is C15H19ClN2O2. The van der Waals surface area contributed by atoms with Gasteiger partial charge in [0.25, 0.3) is 0 Å². The zero-order valence-electron chi connectivity index (χ0n) is 11.3. The first-order valence-corrected chi connectivity index (χ1v) is 7.41. The molecule has 1 heterocycles.